The molecule has 0 aliphatic heterocycles. The topological polar surface area (TPSA) is 54.9 Å². The van der Waals surface area contributed by atoms with E-state index in [1.165, 1.54) is 10.5 Å². The van der Waals surface area contributed by atoms with Gasteiger partial charge in [-0.2, -0.15) is 0 Å². The molecule has 0 bridgehead atoms. The number of aromatic hydroxyl groups is 1. The minimum absolute atomic E-state index is 0.0281. The van der Waals surface area contributed by atoms with Gasteiger partial charge in [0.1, 0.15) is 23.6 Å². The Morgan fingerprint density at radius 2 is 1.85 bits per heavy atom. The van der Waals surface area contributed by atoms with E-state index >= 15 is 0 Å². The summed E-state index contributed by atoms with van der Waals surface area (Å²) in [6.07, 6.45) is 0. The number of fused-ring (bicyclic) bond motifs is 1. The highest BCUT2D eigenvalue weighted by molar-refractivity contribution is 7.97. The van der Waals surface area contributed by atoms with Crippen LogP contribution >= 0.6 is 11.8 Å². The van der Waals surface area contributed by atoms with Gasteiger partial charge in [0.15, 0.2) is 5.78 Å². The summed E-state index contributed by atoms with van der Waals surface area (Å²) in [5.74, 6) is 2.35. The summed E-state index contributed by atoms with van der Waals surface area (Å²) in [5.41, 5.74) is 3.29. The second kappa shape index (κ2) is 7.98. The molecule has 0 aliphatic carbocycles. The highest BCUT2D eigenvalue weighted by Gasteiger charge is 2.23. The van der Waals surface area contributed by atoms with Gasteiger partial charge in [0, 0.05) is 11.1 Å². The Balaban J connectivity index is 1.95. The number of Topliss-reactive ketones (excluding diaryl/α,β-unsaturated/α-hetero) is 1. The van der Waals surface area contributed by atoms with Crippen LogP contribution in [0, 0.1) is 0 Å². The van der Waals surface area contributed by atoms with E-state index in [9.17, 15) is 9.90 Å². The average Bonchev–Trinajstić information content (AvgIpc) is 2.97. The minimum Gasteiger partial charge on any atom is -0.507 e. The van der Waals surface area contributed by atoms with E-state index in [1.54, 1.807) is 30.8 Å². The fraction of sp³-hybridized carbons (Fsp3) is 0.286. The lowest BCUT2D eigenvalue weighted by Gasteiger charge is -2.10. The van der Waals surface area contributed by atoms with Gasteiger partial charge >= 0.3 is 0 Å². The van der Waals surface area contributed by atoms with Crippen molar-refractivity contribution < 1.29 is 19.2 Å². The van der Waals surface area contributed by atoms with Crippen LogP contribution < -0.4 is 4.90 Å². The van der Waals surface area contributed by atoms with Gasteiger partial charge in [-0.25, -0.2) is 0 Å². The molecule has 0 spiro atoms. The van der Waals surface area contributed by atoms with E-state index in [0.29, 0.717) is 29.2 Å². The minimum atomic E-state index is -0.0281. The Hall–Kier alpha value is -2.24. The van der Waals surface area contributed by atoms with Crippen LogP contribution in [0.2, 0.25) is 0 Å². The molecule has 1 heterocycles. The van der Waals surface area contributed by atoms with E-state index in [4.69, 9.17) is 4.42 Å². The van der Waals surface area contributed by atoms with Crippen molar-refractivity contribution in [2.24, 2.45) is 0 Å². The van der Waals surface area contributed by atoms with Crippen LogP contribution in [0.4, 0.5) is 0 Å². The van der Waals surface area contributed by atoms with Crippen molar-refractivity contribution in [3.63, 3.8) is 0 Å². The molecule has 2 aromatic carbocycles. The van der Waals surface area contributed by atoms with Gasteiger partial charge in [-0.15, -0.1) is 11.8 Å². The number of hydrogen-bond donors (Lipinski definition) is 2. The summed E-state index contributed by atoms with van der Waals surface area (Å²) in [7, 11) is 4.03. The Kier molecular flexibility index (Phi) is 5.69. The largest absolute Gasteiger partial charge is 0.507 e. The molecule has 0 unspecified atom stereocenters. The molecule has 3 aromatic rings. The zero-order valence-electron chi connectivity index (χ0n) is 15.3. The van der Waals surface area contributed by atoms with Crippen LogP contribution in [0.15, 0.2) is 46.9 Å². The van der Waals surface area contributed by atoms with Crippen molar-refractivity contribution in [1.82, 2.24) is 0 Å². The summed E-state index contributed by atoms with van der Waals surface area (Å²) < 4.78 is 6.01. The first-order valence-electron chi connectivity index (χ1n) is 8.65. The van der Waals surface area contributed by atoms with Crippen molar-refractivity contribution in [2.75, 3.05) is 14.1 Å². The fourth-order valence-electron chi connectivity index (χ4n) is 3.14. The lowest BCUT2D eigenvalue weighted by molar-refractivity contribution is -0.872. The molecule has 0 fully saturated rings. The van der Waals surface area contributed by atoms with Gasteiger partial charge in [0.2, 0.25) is 0 Å². The molecule has 2 N–H and O–H groups in total. The van der Waals surface area contributed by atoms with Crippen molar-refractivity contribution >= 4 is 28.5 Å². The monoisotopic (exact) mass is 370 g/mol. The normalized spacial score (nSPS) is 11.4. The number of carbonyl (C=O) groups is 1. The SMILES string of the molecule is CC(=O)c1c(CSCc2ccccc2)oc2ccc(O)c(C[NH+](C)C)c12. The maximum absolute atomic E-state index is 12.4. The van der Waals surface area contributed by atoms with E-state index in [1.807, 2.05) is 32.3 Å². The van der Waals surface area contributed by atoms with Crippen LogP contribution in [-0.2, 0) is 18.1 Å². The third kappa shape index (κ3) is 3.94. The average molecular weight is 370 g/mol. The second-order valence-corrected chi connectivity index (χ2v) is 7.74. The molecular weight excluding hydrogens is 346 g/mol. The van der Waals surface area contributed by atoms with Crippen molar-refractivity contribution in [3.8, 4) is 5.75 Å². The van der Waals surface area contributed by atoms with E-state index in [2.05, 4.69) is 12.1 Å². The quantitative estimate of drug-likeness (QED) is 0.626. The summed E-state index contributed by atoms with van der Waals surface area (Å²) in [5, 5.41) is 11.1. The Labute approximate surface area is 157 Å². The van der Waals surface area contributed by atoms with Crippen LogP contribution in [0.5, 0.6) is 5.75 Å². The molecule has 0 saturated heterocycles. The number of phenolic OH excluding ortho intramolecular Hbond substituents is 1. The molecule has 0 radical (unpaired) electrons. The number of ketones is 1. The number of thioether (sulfide) groups is 1. The molecule has 0 saturated carbocycles. The maximum atomic E-state index is 12.4. The van der Waals surface area contributed by atoms with Gasteiger partial charge in [0.05, 0.1) is 31.0 Å². The zero-order valence-corrected chi connectivity index (χ0v) is 16.2. The predicted molar refractivity (Wildman–Crippen MR) is 106 cm³/mol. The molecule has 3 rings (SSSR count). The number of quaternary nitrogens is 1. The summed E-state index contributed by atoms with van der Waals surface area (Å²) in [6, 6.07) is 13.6. The first-order valence-corrected chi connectivity index (χ1v) is 9.80. The number of rotatable bonds is 7. The summed E-state index contributed by atoms with van der Waals surface area (Å²) in [6.45, 7) is 2.19. The highest BCUT2D eigenvalue weighted by Crippen LogP contribution is 2.35. The molecule has 4 nitrogen and oxygen atoms in total. The van der Waals surface area contributed by atoms with Crippen LogP contribution in [0.1, 0.15) is 34.2 Å². The van der Waals surface area contributed by atoms with Gasteiger partial charge in [0.25, 0.3) is 0 Å². The van der Waals surface area contributed by atoms with Crippen molar-refractivity contribution in [1.29, 1.82) is 0 Å². The fourth-order valence-corrected chi connectivity index (χ4v) is 4.06. The highest BCUT2D eigenvalue weighted by atomic mass is 32.2. The third-order valence-corrected chi connectivity index (χ3v) is 5.24. The van der Waals surface area contributed by atoms with Gasteiger partial charge in [-0.1, -0.05) is 30.3 Å². The smallest absolute Gasteiger partial charge is 0.163 e. The van der Waals surface area contributed by atoms with Crippen LogP contribution in [0.25, 0.3) is 11.0 Å². The van der Waals surface area contributed by atoms with Gasteiger partial charge in [-0.3, -0.25) is 4.79 Å². The zero-order chi connectivity index (χ0) is 18.7. The lowest BCUT2D eigenvalue weighted by Crippen LogP contribution is -3.04. The lowest BCUT2D eigenvalue weighted by atomic mass is 10.0. The standard InChI is InChI=1S/C21H23NO3S/c1-14(23)20-19(13-26-12-15-7-5-4-6-8-15)25-18-10-9-17(24)16(21(18)20)11-22(2)3/h4-10,24H,11-13H2,1-3H3/p+1. The van der Waals surface area contributed by atoms with Crippen molar-refractivity contribution in [3.05, 3.63) is 64.9 Å². The molecule has 5 heteroatoms. The van der Waals surface area contributed by atoms with Gasteiger partial charge in [-0.05, 0) is 24.6 Å². The number of nitrogens with one attached hydrogen (secondary N) is 1. The molecule has 26 heavy (non-hydrogen) atoms. The van der Waals surface area contributed by atoms with E-state index in [0.717, 1.165) is 16.7 Å². The molecule has 136 valence electrons. The number of furan rings is 1. The van der Waals surface area contributed by atoms with E-state index < -0.39 is 0 Å². The Morgan fingerprint density at radius 1 is 1.12 bits per heavy atom. The Morgan fingerprint density at radius 3 is 2.50 bits per heavy atom. The van der Waals surface area contributed by atoms with Crippen LogP contribution in [0.3, 0.4) is 0 Å². The Bertz CT molecular complexity index is 916. The predicted octanol–water partition coefficient (Wildman–Crippen LogP) is 3.42. The molecule has 0 atom stereocenters. The summed E-state index contributed by atoms with van der Waals surface area (Å²) >= 11 is 1.72. The molecule has 1 aromatic heterocycles. The van der Waals surface area contributed by atoms with E-state index in [-0.39, 0.29) is 11.5 Å². The number of phenols is 1. The van der Waals surface area contributed by atoms with Crippen LogP contribution in [-0.4, -0.2) is 25.0 Å². The number of benzene rings is 2. The number of hydrogen-bond acceptors (Lipinski definition) is 4. The molecule has 0 amide bonds. The summed E-state index contributed by atoms with van der Waals surface area (Å²) in [4.78, 5) is 13.5. The maximum Gasteiger partial charge on any atom is 0.163 e. The third-order valence-electron chi connectivity index (χ3n) is 4.24. The molecular formula is C21H24NO3S+. The second-order valence-electron chi connectivity index (χ2n) is 6.76. The number of carbonyl (C=O) groups excluding carboxylic acids is 1. The first-order chi connectivity index (χ1) is 12.5. The molecule has 0 aliphatic rings. The van der Waals surface area contributed by atoms with Gasteiger partial charge < -0.3 is 14.4 Å². The van der Waals surface area contributed by atoms with Crippen molar-refractivity contribution in [2.45, 2.75) is 25.0 Å². The first kappa shape index (κ1) is 18.5.